The molecule has 14 heavy (non-hydrogen) atoms. The summed E-state index contributed by atoms with van der Waals surface area (Å²) in [6.07, 6.45) is 0. The first-order valence-electron chi connectivity index (χ1n) is 4.99. The standard InChI is InChI=1S/C11H21N3/c1-10(2,3)8-7-9(12)13-14(8)11(4,5)6/h7H,1-6H3,(H2,12,13). The minimum absolute atomic E-state index is 0.0137. The third-order valence-corrected chi connectivity index (χ3v) is 2.13. The van der Waals surface area contributed by atoms with E-state index in [1.54, 1.807) is 0 Å². The Balaban J connectivity index is 3.31. The highest BCUT2D eigenvalue weighted by molar-refractivity contribution is 5.33. The van der Waals surface area contributed by atoms with Gasteiger partial charge in [-0.15, -0.1) is 0 Å². The van der Waals surface area contributed by atoms with Crippen LogP contribution in [0.1, 0.15) is 47.2 Å². The van der Waals surface area contributed by atoms with Gasteiger partial charge in [-0.3, -0.25) is 4.68 Å². The second-order valence-electron chi connectivity index (χ2n) is 5.79. The summed E-state index contributed by atoms with van der Waals surface area (Å²) in [7, 11) is 0. The van der Waals surface area contributed by atoms with E-state index >= 15 is 0 Å². The molecule has 0 amide bonds. The molecule has 0 atom stereocenters. The molecule has 0 unspecified atom stereocenters. The highest BCUT2D eigenvalue weighted by Gasteiger charge is 2.26. The van der Waals surface area contributed by atoms with Crippen molar-refractivity contribution in [1.29, 1.82) is 0 Å². The minimum Gasteiger partial charge on any atom is -0.382 e. The molecule has 2 N–H and O–H groups in total. The van der Waals surface area contributed by atoms with Crippen LogP contribution >= 0.6 is 0 Å². The Labute approximate surface area is 86.3 Å². The molecule has 0 bridgehead atoms. The molecule has 0 aromatic carbocycles. The summed E-state index contributed by atoms with van der Waals surface area (Å²) in [4.78, 5) is 0. The molecule has 0 aliphatic carbocycles. The van der Waals surface area contributed by atoms with E-state index in [0.29, 0.717) is 5.82 Å². The number of hydrogen-bond acceptors (Lipinski definition) is 2. The van der Waals surface area contributed by atoms with E-state index in [0.717, 1.165) is 0 Å². The fourth-order valence-electron chi connectivity index (χ4n) is 1.44. The Hall–Kier alpha value is -0.990. The molecule has 0 fully saturated rings. The lowest BCUT2D eigenvalue weighted by atomic mass is 9.91. The van der Waals surface area contributed by atoms with Crippen LogP contribution in [-0.4, -0.2) is 9.78 Å². The molecule has 0 aliphatic rings. The lowest BCUT2D eigenvalue weighted by Crippen LogP contribution is -2.30. The lowest BCUT2D eigenvalue weighted by molar-refractivity contribution is 0.323. The third kappa shape index (κ3) is 2.08. The van der Waals surface area contributed by atoms with Crippen molar-refractivity contribution in [3.8, 4) is 0 Å². The summed E-state index contributed by atoms with van der Waals surface area (Å²) >= 11 is 0. The largest absolute Gasteiger partial charge is 0.382 e. The molecule has 80 valence electrons. The van der Waals surface area contributed by atoms with Gasteiger partial charge in [0.25, 0.3) is 0 Å². The van der Waals surface area contributed by atoms with Crippen LogP contribution in [0, 0.1) is 0 Å². The average molecular weight is 195 g/mol. The number of nitrogens with two attached hydrogens (primary N) is 1. The van der Waals surface area contributed by atoms with Gasteiger partial charge in [-0.2, -0.15) is 5.10 Å². The molecule has 1 aromatic rings. The molecule has 0 spiro atoms. The normalized spacial score (nSPS) is 13.3. The summed E-state index contributed by atoms with van der Waals surface area (Å²) in [6.45, 7) is 12.9. The number of hydrogen-bond donors (Lipinski definition) is 1. The van der Waals surface area contributed by atoms with E-state index in [9.17, 15) is 0 Å². The Bertz CT molecular complexity index is 292. The molecular weight excluding hydrogens is 174 g/mol. The van der Waals surface area contributed by atoms with Crippen molar-refractivity contribution >= 4 is 5.82 Å². The maximum atomic E-state index is 5.74. The van der Waals surface area contributed by atoms with Crippen molar-refractivity contribution in [2.45, 2.75) is 52.5 Å². The topological polar surface area (TPSA) is 43.8 Å². The predicted octanol–water partition coefficient (Wildman–Crippen LogP) is 2.52. The average Bonchev–Trinajstić information content (AvgIpc) is 2.27. The Morgan fingerprint density at radius 3 is 1.93 bits per heavy atom. The molecule has 1 aromatic heterocycles. The number of anilines is 1. The van der Waals surface area contributed by atoms with Crippen LogP contribution in [0.15, 0.2) is 6.07 Å². The molecule has 0 aliphatic heterocycles. The highest BCUT2D eigenvalue weighted by atomic mass is 15.3. The van der Waals surface area contributed by atoms with E-state index < -0.39 is 0 Å². The van der Waals surface area contributed by atoms with E-state index in [4.69, 9.17) is 5.73 Å². The number of aromatic nitrogens is 2. The molecule has 1 heterocycles. The second-order valence-corrected chi connectivity index (χ2v) is 5.79. The van der Waals surface area contributed by atoms with Crippen molar-refractivity contribution in [2.24, 2.45) is 0 Å². The summed E-state index contributed by atoms with van der Waals surface area (Å²) in [5, 5.41) is 4.34. The Morgan fingerprint density at radius 1 is 1.14 bits per heavy atom. The van der Waals surface area contributed by atoms with Crippen LogP contribution in [0.5, 0.6) is 0 Å². The van der Waals surface area contributed by atoms with Gasteiger partial charge in [0.05, 0.1) is 5.54 Å². The van der Waals surface area contributed by atoms with Gasteiger partial charge in [0.15, 0.2) is 0 Å². The van der Waals surface area contributed by atoms with Crippen LogP contribution in [-0.2, 0) is 11.0 Å². The zero-order valence-electron chi connectivity index (χ0n) is 10.0. The number of rotatable bonds is 0. The quantitative estimate of drug-likeness (QED) is 0.691. The summed E-state index contributed by atoms with van der Waals surface area (Å²) in [6, 6.07) is 1.96. The van der Waals surface area contributed by atoms with Gasteiger partial charge in [0.1, 0.15) is 5.82 Å². The van der Waals surface area contributed by atoms with E-state index in [-0.39, 0.29) is 11.0 Å². The number of nitrogen functional groups attached to an aromatic ring is 1. The maximum absolute atomic E-state index is 5.74. The number of nitrogens with zero attached hydrogens (tertiary/aromatic N) is 2. The molecular formula is C11H21N3. The molecule has 1 rings (SSSR count). The van der Waals surface area contributed by atoms with E-state index in [1.165, 1.54) is 5.69 Å². The molecule has 3 heteroatoms. The van der Waals surface area contributed by atoms with Crippen LogP contribution in [0.4, 0.5) is 5.82 Å². The van der Waals surface area contributed by atoms with Crippen molar-refractivity contribution in [3.05, 3.63) is 11.8 Å². The summed E-state index contributed by atoms with van der Waals surface area (Å²) in [5.41, 5.74) is 6.99. The van der Waals surface area contributed by atoms with Gasteiger partial charge in [0, 0.05) is 17.2 Å². The Morgan fingerprint density at radius 2 is 1.64 bits per heavy atom. The van der Waals surface area contributed by atoms with Gasteiger partial charge in [-0.05, 0) is 20.8 Å². The zero-order chi connectivity index (χ0) is 11.1. The molecule has 0 radical (unpaired) electrons. The fraction of sp³-hybridized carbons (Fsp3) is 0.727. The van der Waals surface area contributed by atoms with Crippen LogP contribution in [0.2, 0.25) is 0 Å². The van der Waals surface area contributed by atoms with Gasteiger partial charge in [-0.1, -0.05) is 20.8 Å². The van der Waals surface area contributed by atoms with Crippen molar-refractivity contribution < 1.29 is 0 Å². The SMILES string of the molecule is CC(C)(C)c1cc(N)nn1C(C)(C)C. The van der Waals surface area contributed by atoms with Gasteiger partial charge in [-0.25, -0.2) is 0 Å². The van der Waals surface area contributed by atoms with Crippen LogP contribution in [0.25, 0.3) is 0 Å². The van der Waals surface area contributed by atoms with Gasteiger partial charge >= 0.3 is 0 Å². The molecule has 3 nitrogen and oxygen atoms in total. The molecule has 0 saturated carbocycles. The third-order valence-electron chi connectivity index (χ3n) is 2.13. The monoisotopic (exact) mass is 195 g/mol. The zero-order valence-corrected chi connectivity index (χ0v) is 10.0. The van der Waals surface area contributed by atoms with E-state index in [1.807, 2.05) is 10.7 Å². The highest BCUT2D eigenvalue weighted by Crippen LogP contribution is 2.28. The van der Waals surface area contributed by atoms with Crippen molar-refractivity contribution in [1.82, 2.24) is 9.78 Å². The maximum Gasteiger partial charge on any atom is 0.145 e. The summed E-state index contributed by atoms with van der Waals surface area (Å²) < 4.78 is 2.02. The second kappa shape index (κ2) is 3.01. The lowest BCUT2D eigenvalue weighted by Gasteiger charge is -2.28. The Kier molecular flexibility index (Phi) is 2.38. The first-order chi connectivity index (χ1) is 6.12. The van der Waals surface area contributed by atoms with Gasteiger partial charge < -0.3 is 5.73 Å². The van der Waals surface area contributed by atoms with Gasteiger partial charge in [0.2, 0.25) is 0 Å². The minimum atomic E-state index is -0.0137. The van der Waals surface area contributed by atoms with Crippen LogP contribution < -0.4 is 5.73 Å². The smallest absolute Gasteiger partial charge is 0.145 e. The van der Waals surface area contributed by atoms with Crippen molar-refractivity contribution in [3.63, 3.8) is 0 Å². The van der Waals surface area contributed by atoms with E-state index in [2.05, 4.69) is 46.6 Å². The fourth-order valence-corrected chi connectivity index (χ4v) is 1.44. The summed E-state index contributed by atoms with van der Waals surface area (Å²) in [5.74, 6) is 0.602. The molecule has 0 saturated heterocycles. The first kappa shape index (κ1) is 11.1. The first-order valence-corrected chi connectivity index (χ1v) is 4.99. The predicted molar refractivity (Wildman–Crippen MR) is 60.3 cm³/mol. The van der Waals surface area contributed by atoms with Crippen LogP contribution in [0.3, 0.4) is 0 Å². The van der Waals surface area contributed by atoms with Crippen molar-refractivity contribution in [2.75, 3.05) is 5.73 Å².